The van der Waals surface area contributed by atoms with Crippen molar-refractivity contribution in [1.29, 1.82) is 0 Å². The summed E-state index contributed by atoms with van der Waals surface area (Å²) in [4.78, 5) is 0. The van der Waals surface area contributed by atoms with Crippen LogP contribution in [0.15, 0.2) is 0 Å². The average molecular weight is 184 g/mol. The van der Waals surface area contributed by atoms with Gasteiger partial charge in [-0.25, -0.2) is 0 Å². The molecular formula is C11H20O2. The Balaban J connectivity index is 1.98. The summed E-state index contributed by atoms with van der Waals surface area (Å²) >= 11 is 0. The third-order valence-electron chi connectivity index (χ3n) is 3.01. The van der Waals surface area contributed by atoms with Crippen LogP contribution in [0.25, 0.3) is 0 Å². The molecule has 76 valence electrons. The first kappa shape index (κ1) is 9.47. The Labute approximate surface area is 80.6 Å². The first-order valence-corrected chi connectivity index (χ1v) is 5.53. The van der Waals surface area contributed by atoms with Crippen LogP contribution in [0.4, 0.5) is 0 Å². The number of hydrogen-bond donors (Lipinski definition) is 0. The predicted molar refractivity (Wildman–Crippen MR) is 51.5 cm³/mol. The number of ether oxygens (including phenoxy) is 2. The van der Waals surface area contributed by atoms with Crippen LogP contribution in [-0.4, -0.2) is 18.0 Å². The van der Waals surface area contributed by atoms with Gasteiger partial charge in [0.1, 0.15) is 0 Å². The van der Waals surface area contributed by atoms with Gasteiger partial charge in [0.2, 0.25) is 0 Å². The van der Waals surface area contributed by atoms with Crippen molar-refractivity contribution in [3.05, 3.63) is 0 Å². The van der Waals surface area contributed by atoms with Gasteiger partial charge in [-0.05, 0) is 26.7 Å². The van der Waals surface area contributed by atoms with Crippen molar-refractivity contribution in [3.63, 3.8) is 0 Å². The summed E-state index contributed by atoms with van der Waals surface area (Å²) in [5.41, 5.74) is 0. The van der Waals surface area contributed by atoms with E-state index in [1.165, 1.54) is 38.5 Å². The van der Waals surface area contributed by atoms with Gasteiger partial charge < -0.3 is 9.47 Å². The monoisotopic (exact) mass is 184 g/mol. The Morgan fingerprint density at radius 2 is 1.31 bits per heavy atom. The van der Waals surface area contributed by atoms with Crippen molar-refractivity contribution < 1.29 is 9.47 Å². The summed E-state index contributed by atoms with van der Waals surface area (Å²) < 4.78 is 11.7. The van der Waals surface area contributed by atoms with Gasteiger partial charge in [-0.2, -0.15) is 0 Å². The van der Waals surface area contributed by atoms with Crippen LogP contribution in [0.2, 0.25) is 0 Å². The van der Waals surface area contributed by atoms with Crippen molar-refractivity contribution in [2.45, 2.75) is 70.4 Å². The second-order valence-electron chi connectivity index (χ2n) is 4.70. The quantitative estimate of drug-likeness (QED) is 0.576. The fourth-order valence-corrected chi connectivity index (χ4v) is 2.44. The molecule has 0 radical (unpaired) electrons. The minimum atomic E-state index is -0.334. The van der Waals surface area contributed by atoms with E-state index in [4.69, 9.17) is 9.47 Å². The van der Waals surface area contributed by atoms with E-state index in [2.05, 4.69) is 0 Å². The highest BCUT2D eigenvalue weighted by Gasteiger charge is 2.40. The van der Waals surface area contributed by atoms with E-state index in [-0.39, 0.29) is 5.79 Å². The number of fused-ring (bicyclic) bond motifs is 1. The molecule has 0 bridgehead atoms. The number of rotatable bonds is 0. The maximum absolute atomic E-state index is 5.87. The topological polar surface area (TPSA) is 18.5 Å². The fraction of sp³-hybridized carbons (Fsp3) is 1.00. The van der Waals surface area contributed by atoms with Crippen molar-refractivity contribution >= 4 is 0 Å². The van der Waals surface area contributed by atoms with Crippen molar-refractivity contribution in [3.8, 4) is 0 Å². The van der Waals surface area contributed by atoms with Crippen LogP contribution in [0.5, 0.6) is 0 Å². The first-order valence-electron chi connectivity index (χ1n) is 5.53. The third kappa shape index (κ3) is 2.23. The molecule has 2 atom stereocenters. The maximum atomic E-state index is 5.87. The molecule has 2 fully saturated rings. The lowest BCUT2D eigenvalue weighted by Crippen LogP contribution is -2.23. The van der Waals surface area contributed by atoms with Gasteiger partial charge in [0.25, 0.3) is 0 Å². The molecule has 0 N–H and O–H groups in total. The highest BCUT2D eigenvalue weighted by atomic mass is 16.7. The Morgan fingerprint density at radius 3 is 1.77 bits per heavy atom. The van der Waals surface area contributed by atoms with Gasteiger partial charge in [0, 0.05) is 0 Å². The Morgan fingerprint density at radius 1 is 0.846 bits per heavy atom. The smallest absolute Gasteiger partial charge is 0.163 e. The molecule has 1 aliphatic carbocycles. The lowest BCUT2D eigenvalue weighted by atomic mass is 9.96. The molecule has 0 aromatic carbocycles. The molecule has 13 heavy (non-hydrogen) atoms. The molecule has 2 heteroatoms. The molecule has 2 nitrogen and oxygen atoms in total. The Kier molecular flexibility index (Phi) is 2.61. The van der Waals surface area contributed by atoms with Gasteiger partial charge in [-0.3, -0.25) is 0 Å². The molecule has 2 unspecified atom stereocenters. The molecule has 0 aromatic heterocycles. The molecule has 1 aliphatic heterocycles. The Bertz CT molecular complexity index is 159. The summed E-state index contributed by atoms with van der Waals surface area (Å²) in [5, 5.41) is 0. The summed E-state index contributed by atoms with van der Waals surface area (Å²) in [6.45, 7) is 4.05. The molecule has 0 aromatic rings. The fourth-order valence-electron chi connectivity index (χ4n) is 2.44. The van der Waals surface area contributed by atoms with E-state index in [1.54, 1.807) is 0 Å². The maximum Gasteiger partial charge on any atom is 0.163 e. The first-order chi connectivity index (χ1) is 6.17. The molecule has 1 saturated carbocycles. The van der Waals surface area contributed by atoms with E-state index in [9.17, 15) is 0 Å². The third-order valence-corrected chi connectivity index (χ3v) is 3.01. The van der Waals surface area contributed by atoms with Crippen LogP contribution < -0.4 is 0 Å². The van der Waals surface area contributed by atoms with Crippen LogP contribution in [0.1, 0.15) is 52.4 Å². The summed E-state index contributed by atoms with van der Waals surface area (Å²) in [7, 11) is 0. The molecule has 2 aliphatic rings. The van der Waals surface area contributed by atoms with Gasteiger partial charge in [-0.15, -0.1) is 0 Å². The van der Waals surface area contributed by atoms with Gasteiger partial charge in [0.05, 0.1) is 12.2 Å². The Hall–Kier alpha value is -0.0800. The minimum Gasteiger partial charge on any atom is -0.345 e. The van der Waals surface area contributed by atoms with E-state index >= 15 is 0 Å². The molecule has 0 amide bonds. The summed E-state index contributed by atoms with van der Waals surface area (Å²) in [5.74, 6) is -0.334. The van der Waals surface area contributed by atoms with Gasteiger partial charge in [0.15, 0.2) is 5.79 Å². The second-order valence-corrected chi connectivity index (χ2v) is 4.70. The summed E-state index contributed by atoms with van der Waals surface area (Å²) in [6, 6.07) is 0. The van der Waals surface area contributed by atoms with E-state index in [1.807, 2.05) is 13.8 Å². The van der Waals surface area contributed by atoms with E-state index in [0.717, 1.165) is 0 Å². The van der Waals surface area contributed by atoms with Crippen molar-refractivity contribution in [2.75, 3.05) is 0 Å². The second kappa shape index (κ2) is 3.58. The highest BCUT2D eigenvalue weighted by molar-refractivity contribution is 4.82. The van der Waals surface area contributed by atoms with Gasteiger partial charge in [-0.1, -0.05) is 25.7 Å². The molecule has 2 rings (SSSR count). The predicted octanol–water partition coefficient (Wildman–Crippen LogP) is 2.86. The largest absolute Gasteiger partial charge is 0.345 e. The number of hydrogen-bond acceptors (Lipinski definition) is 2. The minimum absolute atomic E-state index is 0.334. The zero-order valence-corrected chi connectivity index (χ0v) is 8.71. The van der Waals surface area contributed by atoms with Crippen molar-refractivity contribution in [1.82, 2.24) is 0 Å². The highest BCUT2D eigenvalue weighted by Crippen LogP contribution is 2.34. The van der Waals surface area contributed by atoms with Crippen LogP contribution in [0, 0.1) is 0 Å². The van der Waals surface area contributed by atoms with E-state index in [0.29, 0.717) is 12.2 Å². The van der Waals surface area contributed by atoms with Crippen LogP contribution >= 0.6 is 0 Å². The normalized spacial score (nSPS) is 39.2. The van der Waals surface area contributed by atoms with Crippen LogP contribution in [0.3, 0.4) is 0 Å². The lowest BCUT2D eigenvalue weighted by Gasteiger charge is -2.19. The lowest BCUT2D eigenvalue weighted by molar-refractivity contribution is -0.146. The molecule has 1 heterocycles. The standard InChI is InChI=1S/C11H20O2/c1-11(2)12-9-7-5-3-4-6-8-10(9)13-11/h9-10H,3-8H2,1-2H3. The van der Waals surface area contributed by atoms with Gasteiger partial charge >= 0.3 is 0 Å². The van der Waals surface area contributed by atoms with Crippen molar-refractivity contribution in [2.24, 2.45) is 0 Å². The average Bonchev–Trinajstić information content (AvgIpc) is 2.27. The molecule has 1 saturated heterocycles. The van der Waals surface area contributed by atoms with Crippen LogP contribution in [-0.2, 0) is 9.47 Å². The van der Waals surface area contributed by atoms with E-state index < -0.39 is 0 Å². The molecule has 0 spiro atoms. The zero-order chi connectivity index (χ0) is 9.31. The summed E-state index contributed by atoms with van der Waals surface area (Å²) in [6.07, 6.45) is 8.47. The molecular weight excluding hydrogens is 164 g/mol. The zero-order valence-electron chi connectivity index (χ0n) is 8.71. The SMILES string of the molecule is CC1(C)OC2CCCCCCC2O1.